The van der Waals surface area contributed by atoms with Crippen LogP contribution in [0, 0.1) is 6.92 Å². The highest BCUT2D eigenvalue weighted by Gasteiger charge is 2.18. The Kier molecular flexibility index (Phi) is 7.66. The Balaban J connectivity index is 1.45. The summed E-state index contributed by atoms with van der Waals surface area (Å²) in [6, 6.07) is 10.5. The number of carbonyl (C=O) groups is 1. The number of carbonyl (C=O) groups excluding carboxylic acids is 1. The molecule has 7 nitrogen and oxygen atoms in total. The van der Waals surface area contributed by atoms with Crippen molar-refractivity contribution in [2.75, 3.05) is 43.5 Å². The third-order valence-corrected chi connectivity index (χ3v) is 5.48. The Bertz CT molecular complexity index is 767. The summed E-state index contributed by atoms with van der Waals surface area (Å²) in [4.78, 5) is 16.8. The van der Waals surface area contributed by atoms with Gasteiger partial charge < -0.3 is 19.5 Å². The van der Waals surface area contributed by atoms with E-state index in [0.717, 1.165) is 39.0 Å². The lowest BCUT2D eigenvalue weighted by atomic mass is 10.1. The van der Waals surface area contributed by atoms with Crippen LogP contribution >= 0.6 is 0 Å². The fourth-order valence-electron chi connectivity index (χ4n) is 3.66. The number of amides is 1. The molecule has 0 aliphatic carbocycles. The molecule has 1 amide bonds. The molecule has 7 heteroatoms. The van der Waals surface area contributed by atoms with E-state index in [9.17, 15) is 4.79 Å². The van der Waals surface area contributed by atoms with Crippen LogP contribution in [-0.2, 0) is 16.1 Å². The summed E-state index contributed by atoms with van der Waals surface area (Å²) < 4.78 is 10.4. The normalized spacial score (nSPS) is 15.1. The van der Waals surface area contributed by atoms with Crippen molar-refractivity contribution in [1.29, 1.82) is 0 Å². The van der Waals surface area contributed by atoms with Gasteiger partial charge in [0.1, 0.15) is 5.76 Å². The van der Waals surface area contributed by atoms with Gasteiger partial charge in [0.25, 0.3) is 0 Å². The maximum absolute atomic E-state index is 12.1. The van der Waals surface area contributed by atoms with Crippen LogP contribution in [0.4, 0.5) is 11.5 Å². The minimum Gasteiger partial charge on any atom is -0.381 e. The molecule has 1 aromatic carbocycles. The van der Waals surface area contributed by atoms with Crippen LogP contribution in [0.15, 0.2) is 34.9 Å². The van der Waals surface area contributed by atoms with E-state index in [4.69, 9.17) is 9.26 Å². The molecule has 0 saturated carbocycles. The summed E-state index contributed by atoms with van der Waals surface area (Å²) in [5.41, 5.74) is 2.53. The number of aryl methyl sites for hydroxylation is 1. The van der Waals surface area contributed by atoms with Crippen molar-refractivity contribution < 1.29 is 14.1 Å². The molecule has 158 valence electrons. The monoisotopic (exact) mass is 400 g/mol. The van der Waals surface area contributed by atoms with E-state index >= 15 is 0 Å². The first-order chi connectivity index (χ1) is 14.1. The first-order valence-corrected chi connectivity index (χ1v) is 10.4. The predicted molar refractivity (Wildman–Crippen MR) is 114 cm³/mol. The van der Waals surface area contributed by atoms with Gasteiger partial charge in [-0.15, -0.1) is 0 Å². The molecule has 2 aromatic rings. The summed E-state index contributed by atoms with van der Waals surface area (Å²) in [5, 5.41) is 6.57. The Morgan fingerprint density at radius 1 is 1.31 bits per heavy atom. The van der Waals surface area contributed by atoms with Crippen LogP contribution in [0.25, 0.3) is 0 Å². The summed E-state index contributed by atoms with van der Waals surface area (Å²) in [7, 11) is 1.80. The largest absolute Gasteiger partial charge is 0.381 e. The summed E-state index contributed by atoms with van der Waals surface area (Å²) in [5.74, 6) is 1.11. The second kappa shape index (κ2) is 10.4. The number of nitrogens with one attached hydrogen (secondary N) is 1. The van der Waals surface area contributed by atoms with Crippen LogP contribution in [0.3, 0.4) is 0 Å². The Hall–Kier alpha value is -2.38. The lowest BCUT2D eigenvalue weighted by Gasteiger charge is -2.33. The maximum atomic E-state index is 12.1. The van der Waals surface area contributed by atoms with Gasteiger partial charge in [-0.2, -0.15) is 0 Å². The lowest BCUT2D eigenvalue weighted by Crippen LogP contribution is -2.36. The minimum atomic E-state index is -0.0495. The molecule has 1 aliphatic heterocycles. The molecular weight excluding hydrogens is 368 g/mol. The van der Waals surface area contributed by atoms with E-state index in [-0.39, 0.29) is 5.91 Å². The van der Waals surface area contributed by atoms with Gasteiger partial charge in [0.05, 0.1) is 6.10 Å². The quantitative estimate of drug-likeness (QED) is 0.695. The second-order valence-corrected chi connectivity index (χ2v) is 7.58. The summed E-state index contributed by atoms with van der Waals surface area (Å²) in [6.07, 6.45) is 2.98. The van der Waals surface area contributed by atoms with Crippen molar-refractivity contribution in [1.82, 2.24) is 10.1 Å². The number of nitrogens with zero attached hydrogens (tertiary/aromatic N) is 3. The van der Waals surface area contributed by atoms with Crippen LogP contribution in [0.2, 0.25) is 0 Å². The maximum Gasteiger partial charge on any atom is 0.226 e. The number of ether oxygens (including phenoxy) is 1. The van der Waals surface area contributed by atoms with Crippen molar-refractivity contribution >= 4 is 17.4 Å². The van der Waals surface area contributed by atoms with Crippen molar-refractivity contribution in [3.8, 4) is 0 Å². The van der Waals surface area contributed by atoms with Gasteiger partial charge in [0, 0.05) is 51.5 Å². The molecule has 0 bridgehead atoms. The van der Waals surface area contributed by atoms with E-state index in [1.54, 1.807) is 20.1 Å². The smallest absolute Gasteiger partial charge is 0.226 e. The standard InChI is InChI=1S/C22H32N4O3/c1-4-25(12-11-22(27)23-21-15-17(2)29-24-21)16-18-5-7-19(8-6-18)26-13-9-20(28-3)10-14-26/h5-8,15,20H,4,9-14,16H2,1-3H3,(H,23,24,27). The number of aromatic nitrogens is 1. The van der Waals surface area contributed by atoms with Crippen LogP contribution < -0.4 is 10.2 Å². The van der Waals surface area contributed by atoms with E-state index in [1.165, 1.54) is 11.3 Å². The predicted octanol–water partition coefficient (Wildman–Crippen LogP) is 3.45. The number of hydrogen-bond donors (Lipinski definition) is 1. The molecular formula is C22H32N4O3. The van der Waals surface area contributed by atoms with Gasteiger partial charge >= 0.3 is 0 Å². The van der Waals surface area contributed by atoms with Crippen molar-refractivity contribution in [3.05, 3.63) is 41.7 Å². The zero-order chi connectivity index (χ0) is 20.6. The Morgan fingerprint density at radius 3 is 2.62 bits per heavy atom. The highest BCUT2D eigenvalue weighted by molar-refractivity contribution is 5.89. The molecule has 3 rings (SSSR count). The zero-order valence-electron chi connectivity index (χ0n) is 17.7. The highest BCUT2D eigenvalue weighted by Crippen LogP contribution is 2.22. The summed E-state index contributed by atoms with van der Waals surface area (Å²) in [6.45, 7) is 8.42. The molecule has 0 spiro atoms. The zero-order valence-corrected chi connectivity index (χ0v) is 17.7. The number of methoxy groups -OCH3 is 1. The van der Waals surface area contributed by atoms with E-state index in [0.29, 0.717) is 30.6 Å². The molecule has 0 radical (unpaired) electrons. The molecule has 1 aliphatic rings. The number of piperidine rings is 1. The SMILES string of the molecule is CCN(CCC(=O)Nc1cc(C)on1)Cc1ccc(N2CCC(OC)CC2)cc1. The van der Waals surface area contributed by atoms with Gasteiger partial charge in [-0.1, -0.05) is 24.2 Å². The fraction of sp³-hybridized carbons (Fsp3) is 0.545. The minimum absolute atomic E-state index is 0.0495. The summed E-state index contributed by atoms with van der Waals surface area (Å²) >= 11 is 0. The molecule has 0 atom stereocenters. The lowest BCUT2D eigenvalue weighted by molar-refractivity contribution is -0.116. The highest BCUT2D eigenvalue weighted by atomic mass is 16.5. The molecule has 1 saturated heterocycles. The molecule has 1 N–H and O–H groups in total. The Morgan fingerprint density at radius 2 is 2.03 bits per heavy atom. The van der Waals surface area contributed by atoms with E-state index in [2.05, 4.69) is 51.5 Å². The van der Waals surface area contributed by atoms with Crippen LogP contribution in [0.1, 0.15) is 37.5 Å². The Labute approximate surface area is 173 Å². The average Bonchev–Trinajstić information content (AvgIpc) is 3.16. The fourth-order valence-corrected chi connectivity index (χ4v) is 3.66. The molecule has 2 heterocycles. The average molecular weight is 401 g/mol. The van der Waals surface area contributed by atoms with E-state index in [1.807, 2.05) is 0 Å². The van der Waals surface area contributed by atoms with Gasteiger partial charge in [0.2, 0.25) is 5.91 Å². The second-order valence-electron chi connectivity index (χ2n) is 7.58. The van der Waals surface area contributed by atoms with Crippen LogP contribution in [-0.4, -0.2) is 55.4 Å². The van der Waals surface area contributed by atoms with Crippen LogP contribution in [0.5, 0.6) is 0 Å². The first kappa shape index (κ1) is 21.3. The molecule has 1 fully saturated rings. The van der Waals surface area contributed by atoms with E-state index < -0.39 is 0 Å². The third kappa shape index (κ3) is 6.30. The number of benzene rings is 1. The topological polar surface area (TPSA) is 70.8 Å². The van der Waals surface area contributed by atoms with Gasteiger partial charge in [-0.05, 0) is 44.0 Å². The van der Waals surface area contributed by atoms with Crippen molar-refractivity contribution in [2.24, 2.45) is 0 Å². The number of anilines is 2. The van der Waals surface area contributed by atoms with Crippen molar-refractivity contribution in [3.63, 3.8) is 0 Å². The number of rotatable bonds is 9. The van der Waals surface area contributed by atoms with Gasteiger partial charge in [-0.25, -0.2) is 0 Å². The molecule has 1 aromatic heterocycles. The van der Waals surface area contributed by atoms with Crippen molar-refractivity contribution in [2.45, 2.75) is 45.8 Å². The van der Waals surface area contributed by atoms with Gasteiger partial charge in [0.15, 0.2) is 5.82 Å². The van der Waals surface area contributed by atoms with Gasteiger partial charge in [-0.3, -0.25) is 9.69 Å². The molecule has 0 unspecified atom stereocenters. The molecule has 29 heavy (non-hydrogen) atoms. The first-order valence-electron chi connectivity index (χ1n) is 10.4. The number of hydrogen-bond acceptors (Lipinski definition) is 6. The third-order valence-electron chi connectivity index (χ3n) is 5.48.